The maximum atomic E-state index is 3.63. The molecule has 0 nitrogen and oxygen atoms in total. The molecule has 8 aromatic carbocycles. The highest BCUT2D eigenvalue weighted by Gasteiger charge is 2.35. The van der Waals surface area contributed by atoms with Crippen molar-refractivity contribution in [1.82, 2.24) is 0 Å². The number of hydrogen-bond donors (Lipinski definition) is 0. The van der Waals surface area contributed by atoms with Crippen LogP contribution in [0.25, 0.3) is 65.7 Å². The normalized spacial score (nSPS) is 12.9. The lowest BCUT2D eigenvalue weighted by atomic mass is 9.81. The minimum atomic E-state index is -0.0347. The highest BCUT2D eigenvalue weighted by atomic mass is 14.4. The van der Waals surface area contributed by atoms with E-state index in [0.717, 1.165) is 11.1 Å². The van der Waals surface area contributed by atoms with Gasteiger partial charge in [-0.3, -0.25) is 0 Å². The lowest BCUT2D eigenvalue weighted by Crippen LogP contribution is -2.14. The summed E-state index contributed by atoms with van der Waals surface area (Å²) in [5.74, 6) is 7.11. The van der Waals surface area contributed by atoms with Gasteiger partial charge in [-0.1, -0.05) is 159 Å². The van der Waals surface area contributed by atoms with Crippen LogP contribution in [0.2, 0.25) is 0 Å². The average molecular weight is 597 g/mol. The fourth-order valence-electron chi connectivity index (χ4n) is 7.80. The minimum Gasteiger partial charge on any atom is -0.0622 e. The highest BCUT2D eigenvalue weighted by Crippen LogP contribution is 2.51. The van der Waals surface area contributed by atoms with Gasteiger partial charge in [0.2, 0.25) is 0 Å². The van der Waals surface area contributed by atoms with E-state index < -0.39 is 0 Å². The molecule has 0 amide bonds. The molecule has 0 unspecified atom stereocenters. The summed E-state index contributed by atoms with van der Waals surface area (Å²) in [6, 6.07) is 57.4. The molecular formula is C47H32. The Hall–Kier alpha value is -5.90. The Kier molecular flexibility index (Phi) is 6.17. The molecular weight excluding hydrogens is 565 g/mol. The van der Waals surface area contributed by atoms with E-state index in [-0.39, 0.29) is 5.41 Å². The van der Waals surface area contributed by atoms with E-state index >= 15 is 0 Å². The monoisotopic (exact) mass is 596 g/mol. The summed E-state index contributed by atoms with van der Waals surface area (Å²) in [5, 5.41) is 7.30. The molecule has 0 radical (unpaired) electrons. The van der Waals surface area contributed by atoms with Gasteiger partial charge in [-0.15, -0.1) is 0 Å². The van der Waals surface area contributed by atoms with Crippen LogP contribution in [0.1, 0.15) is 36.1 Å². The van der Waals surface area contributed by atoms with Crippen molar-refractivity contribution >= 4 is 32.3 Å². The van der Waals surface area contributed by atoms with Crippen molar-refractivity contribution in [3.05, 3.63) is 180 Å². The second kappa shape index (κ2) is 10.6. The zero-order chi connectivity index (χ0) is 31.5. The second-order valence-electron chi connectivity index (χ2n) is 13.1. The van der Waals surface area contributed by atoms with Gasteiger partial charge in [0.15, 0.2) is 0 Å². The van der Waals surface area contributed by atoms with Crippen molar-refractivity contribution in [3.8, 4) is 45.2 Å². The summed E-state index contributed by atoms with van der Waals surface area (Å²) in [6.07, 6.45) is 0. The van der Waals surface area contributed by atoms with Crippen LogP contribution >= 0.6 is 0 Å². The van der Waals surface area contributed by atoms with Gasteiger partial charge in [-0.05, 0) is 101 Å². The fourth-order valence-corrected chi connectivity index (χ4v) is 7.80. The van der Waals surface area contributed by atoms with Crippen molar-refractivity contribution in [2.24, 2.45) is 0 Å². The molecule has 1 aliphatic carbocycles. The molecule has 0 N–H and O–H groups in total. The van der Waals surface area contributed by atoms with Crippen LogP contribution < -0.4 is 0 Å². The maximum absolute atomic E-state index is 3.63. The lowest BCUT2D eigenvalue weighted by Gasteiger charge is -2.22. The van der Waals surface area contributed by atoms with Gasteiger partial charge in [-0.2, -0.15) is 0 Å². The maximum Gasteiger partial charge on any atom is 0.0406 e. The Morgan fingerprint density at radius 2 is 1.04 bits per heavy atom. The van der Waals surface area contributed by atoms with E-state index in [1.54, 1.807) is 0 Å². The van der Waals surface area contributed by atoms with Gasteiger partial charge in [-0.25, -0.2) is 0 Å². The predicted octanol–water partition coefficient (Wildman–Crippen LogP) is 12.2. The van der Waals surface area contributed by atoms with Crippen molar-refractivity contribution < 1.29 is 0 Å². The van der Waals surface area contributed by atoms with E-state index in [1.807, 2.05) is 18.2 Å². The molecule has 1 aliphatic rings. The Labute approximate surface area is 276 Å². The zero-order valence-electron chi connectivity index (χ0n) is 26.5. The molecule has 9 rings (SSSR count). The number of rotatable bonds is 2. The van der Waals surface area contributed by atoms with Gasteiger partial charge < -0.3 is 0 Å². The molecule has 0 aromatic heterocycles. The molecule has 0 saturated heterocycles. The van der Waals surface area contributed by atoms with Crippen LogP contribution in [-0.2, 0) is 5.41 Å². The summed E-state index contributed by atoms with van der Waals surface area (Å²) >= 11 is 0. The van der Waals surface area contributed by atoms with Crippen LogP contribution in [0.3, 0.4) is 0 Å². The Morgan fingerprint density at radius 1 is 0.404 bits per heavy atom. The fraction of sp³-hybridized carbons (Fsp3) is 0.0638. The van der Waals surface area contributed by atoms with Crippen LogP contribution in [0.5, 0.6) is 0 Å². The van der Waals surface area contributed by atoms with E-state index in [4.69, 9.17) is 0 Å². The summed E-state index contributed by atoms with van der Waals surface area (Å²) in [6.45, 7) is 4.69. The molecule has 47 heavy (non-hydrogen) atoms. The van der Waals surface area contributed by atoms with Gasteiger partial charge in [0.05, 0.1) is 0 Å². The van der Waals surface area contributed by atoms with Crippen LogP contribution in [0, 0.1) is 11.8 Å². The zero-order valence-corrected chi connectivity index (χ0v) is 26.5. The van der Waals surface area contributed by atoms with Gasteiger partial charge in [0.25, 0.3) is 0 Å². The molecule has 0 atom stereocenters. The van der Waals surface area contributed by atoms with Crippen LogP contribution in [0.4, 0.5) is 0 Å². The highest BCUT2D eigenvalue weighted by molar-refractivity contribution is 6.17. The SMILES string of the molecule is CC1(C)c2ccccc2-c2cc(-c3c4ccccc4c(C#Cc4ccccc4)c4ccc(-c5cccc6ccccc56)cc34)ccc21. The number of fused-ring (bicyclic) bond motifs is 6. The van der Waals surface area contributed by atoms with Crippen molar-refractivity contribution in [3.63, 3.8) is 0 Å². The smallest absolute Gasteiger partial charge is 0.0406 e. The summed E-state index contributed by atoms with van der Waals surface area (Å²) in [4.78, 5) is 0. The van der Waals surface area contributed by atoms with Gasteiger partial charge >= 0.3 is 0 Å². The van der Waals surface area contributed by atoms with Gasteiger partial charge in [0, 0.05) is 16.5 Å². The molecule has 0 fully saturated rings. The third kappa shape index (κ3) is 4.32. The summed E-state index contributed by atoms with van der Waals surface area (Å²) in [7, 11) is 0. The van der Waals surface area contributed by atoms with Crippen molar-refractivity contribution in [2.45, 2.75) is 19.3 Å². The third-order valence-electron chi connectivity index (χ3n) is 10.1. The molecule has 0 bridgehead atoms. The van der Waals surface area contributed by atoms with Crippen molar-refractivity contribution in [2.75, 3.05) is 0 Å². The first-order valence-electron chi connectivity index (χ1n) is 16.4. The molecule has 0 aliphatic heterocycles. The Morgan fingerprint density at radius 3 is 1.91 bits per heavy atom. The van der Waals surface area contributed by atoms with E-state index in [2.05, 4.69) is 165 Å². The molecule has 0 spiro atoms. The summed E-state index contributed by atoms with van der Waals surface area (Å²) in [5.41, 5.74) is 12.4. The first kappa shape index (κ1) is 27.4. The number of hydrogen-bond acceptors (Lipinski definition) is 0. The van der Waals surface area contributed by atoms with E-state index in [1.165, 1.54) is 76.8 Å². The van der Waals surface area contributed by atoms with Crippen LogP contribution in [0.15, 0.2) is 158 Å². The lowest BCUT2D eigenvalue weighted by molar-refractivity contribution is 0.660. The first-order chi connectivity index (χ1) is 23.1. The topological polar surface area (TPSA) is 0 Å². The molecule has 220 valence electrons. The summed E-state index contributed by atoms with van der Waals surface area (Å²) < 4.78 is 0. The third-order valence-corrected chi connectivity index (χ3v) is 10.1. The standard InChI is InChI=1S/C47H32/c1-47(2)44-22-11-10-19-40(44)42-30-34(25-28-45(42)47)46-41-20-9-8-18-37(41)38(26-23-31-13-4-3-5-14-31)39-27-24-33(29-43(39)46)36-21-12-16-32-15-6-7-17-35(32)36/h3-22,24-25,27-30H,1-2H3. The quantitative estimate of drug-likeness (QED) is 0.138. The predicted molar refractivity (Wildman–Crippen MR) is 200 cm³/mol. The first-order valence-corrected chi connectivity index (χ1v) is 16.4. The average Bonchev–Trinajstić information content (AvgIpc) is 3.35. The van der Waals surface area contributed by atoms with Gasteiger partial charge in [0.1, 0.15) is 0 Å². The second-order valence-corrected chi connectivity index (χ2v) is 13.1. The molecule has 0 heteroatoms. The Bertz CT molecular complexity index is 2580. The minimum absolute atomic E-state index is 0.0347. The Balaban J connectivity index is 1.37. The molecule has 0 saturated carbocycles. The molecule has 8 aromatic rings. The number of benzene rings is 8. The van der Waals surface area contributed by atoms with Crippen molar-refractivity contribution in [1.29, 1.82) is 0 Å². The largest absolute Gasteiger partial charge is 0.0622 e. The van der Waals surface area contributed by atoms with E-state index in [0.29, 0.717) is 0 Å². The van der Waals surface area contributed by atoms with Crippen LogP contribution in [-0.4, -0.2) is 0 Å². The molecule has 0 heterocycles. The van der Waals surface area contributed by atoms with E-state index in [9.17, 15) is 0 Å².